The molecule has 1 aliphatic carbocycles. The molecule has 4 aromatic carbocycles. The summed E-state index contributed by atoms with van der Waals surface area (Å²) in [5.41, 5.74) is 10.7. The Morgan fingerprint density at radius 1 is 0.360 bits per heavy atom. The van der Waals surface area contributed by atoms with E-state index in [1.165, 1.54) is 49.7 Å². The van der Waals surface area contributed by atoms with E-state index in [0.717, 1.165) is 10.2 Å². The molecule has 0 aliphatic heterocycles. The molecule has 118 valence electrons. The molecule has 0 heterocycles. The number of benzene rings is 4. The van der Waals surface area contributed by atoms with Crippen molar-refractivity contribution in [2.45, 2.75) is 0 Å². The van der Waals surface area contributed by atoms with Crippen LogP contribution in [0, 0.1) is 0 Å². The molecule has 5 rings (SSSR count). The molecule has 0 N–H and O–H groups in total. The molecule has 4 aromatic rings. The fourth-order valence-electron chi connectivity index (χ4n) is 4.09. The predicted molar refractivity (Wildman–Crippen MR) is 111 cm³/mol. The summed E-state index contributed by atoms with van der Waals surface area (Å²) >= 11 is 0. The van der Waals surface area contributed by atoms with Crippen LogP contribution in [0.3, 0.4) is 0 Å². The summed E-state index contributed by atoms with van der Waals surface area (Å²) in [6, 6.07) is 33.2. The summed E-state index contributed by atoms with van der Waals surface area (Å²) in [7, 11) is 1.04. The molecule has 25 heavy (non-hydrogen) atoms. The Balaban J connectivity index is 2.03. The van der Waals surface area contributed by atoms with Crippen molar-refractivity contribution in [3.63, 3.8) is 0 Å². The van der Waals surface area contributed by atoms with E-state index in [1.807, 2.05) is 0 Å². The van der Waals surface area contributed by atoms with Crippen molar-refractivity contribution in [1.82, 2.24) is 0 Å². The van der Waals surface area contributed by atoms with Crippen LogP contribution in [0.15, 0.2) is 91.0 Å². The van der Waals surface area contributed by atoms with E-state index < -0.39 is 0 Å². The van der Waals surface area contributed by atoms with Crippen molar-refractivity contribution in [3.8, 4) is 44.5 Å². The van der Waals surface area contributed by atoms with Gasteiger partial charge >= 0.3 is 0 Å². The number of hydrogen-bond donors (Lipinski definition) is 0. The van der Waals surface area contributed by atoms with Crippen molar-refractivity contribution in [1.29, 1.82) is 0 Å². The van der Waals surface area contributed by atoms with Crippen LogP contribution in [-0.2, 0) is 0 Å². The first kappa shape index (κ1) is 14.4. The zero-order chi connectivity index (χ0) is 16.8. The van der Waals surface area contributed by atoms with E-state index in [4.69, 9.17) is 0 Å². The largest absolute Gasteiger partial charge is 0.0634 e. The van der Waals surface area contributed by atoms with Crippen LogP contribution in [0.5, 0.6) is 0 Å². The third-order valence-corrected chi connectivity index (χ3v) is 6.03. The Kier molecular flexibility index (Phi) is 3.22. The summed E-state index contributed by atoms with van der Waals surface area (Å²) in [6.45, 7) is 0. The van der Waals surface area contributed by atoms with E-state index in [1.54, 1.807) is 0 Å². The topological polar surface area (TPSA) is 0 Å². The number of hydrogen-bond acceptors (Lipinski definition) is 0. The highest BCUT2D eigenvalue weighted by Crippen LogP contribution is 2.46. The van der Waals surface area contributed by atoms with Gasteiger partial charge in [-0.1, -0.05) is 96.2 Å². The zero-order valence-corrected chi connectivity index (χ0v) is 16.2. The molecule has 0 unspecified atom stereocenters. The Labute approximate surface area is 151 Å². The molecule has 0 saturated carbocycles. The normalized spacial score (nSPS) is 11.5. The Morgan fingerprint density at radius 2 is 0.720 bits per heavy atom. The van der Waals surface area contributed by atoms with Gasteiger partial charge in [0.15, 0.2) is 0 Å². The summed E-state index contributed by atoms with van der Waals surface area (Å²) in [4.78, 5) is 0. The van der Waals surface area contributed by atoms with Gasteiger partial charge in [0.05, 0.1) is 0 Å². The van der Waals surface area contributed by atoms with Gasteiger partial charge in [0.2, 0.25) is 0 Å². The highest BCUT2D eigenvalue weighted by molar-refractivity contribution is 6.37. The minimum atomic E-state index is 1.04. The number of rotatable bonds is 0. The Bertz CT molecular complexity index is 1100. The van der Waals surface area contributed by atoms with E-state index in [2.05, 4.69) is 91.0 Å². The minimum absolute atomic E-state index is 1.04. The van der Waals surface area contributed by atoms with Crippen LogP contribution in [0.1, 0.15) is 0 Å². The van der Waals surface area contributed by atoms with E-state index in [9.17, 15) is 0 Å². The molecule has 0 spiro atoms. The first-order chi connectivity index (χ1) is 12.3. The molecule has 0 saturated heterocycles. The standard InChI is InChI=1S/C24H18Si/c25-23-15-7-14-22-20-11-4-3-10-18(20)16-8-1-2-9-17(16)19-12-5-6-13-21(19)24(22)23/h1-15H,25H3. The average molecular weight is 334 g/mol. The molecule has 0 atom stereocenters. The molecule has 1 heteroatoms. The summed E-state index contributed by atoms with van der Waals surface area (Å²) in [6.07, 6.45) is 0. The van der Waals surface area contributed by atoms with Crippen molar-refractivity contribution in [2.24, 2.45) is 0 Å². The second-order valence-corrected chi connectivity index (χ2v) is 7.71. The maximum absolute atomic E-state index is 2.28. The van der Waals surface area contributed by atoms with Gasteiger partial charge in [-0.15, -0.1) is 0 Å². The van der Waals surface area contributed by atoms with Crippen molar-refractivity contribution < 1.29 is 0 Å². The Morgan fingerprint density at radius 3 is 1.24 bits per heavy atom. The highest BCUT2D eigenvalue weighted by Gasteiger charge is 2.21. The fourth-order valence-corrected chi connectivity index (χ4v) is 4.82. The third kappa shape index (κ3) is 2.13. The smallest absolute Gasteiger partial charge is 0.0393 e. The summed E-state index contributed by atoms with van der Waals surface area (Å²) in [5, 5.41) is 1.46. The lowest BCUT2D eigenvalue weighted by Crippen LogP contribution is -2.10. The quantitative estimate of drug-likeness (QED) is 0.361. The molecule has 0 radical (unpaired) electrons. The van der Waals surface area contributed by atoms with Crippen LogP contribution >= 0.6 is 0 Å². The first-order valence-electron chi connectivity index (χ1n) is 8.73. The fraction of sp³-hybridized carbons (Fsp3) is 0. The molecule has 0 bridgehead atoms. The van der Waals surface area contributed by atoms with Gasteiger partial charge < -0.3 is 0 Å². The van der Waals surface area contributed by atoms with Gasteiger partial charge in [-0.05, 0) is 44.5 Å². The van der Waals surface area contributed by atoms with E-state index >= 15 is 0 Å². The molecule has 1 aliphatic rings. The lowest BCUT2D eigenvalue weighted by molar-refractivity contribution is 1.53. The zero-order valence-electron chi connectivity index (χ0n) is 14.2. The second-order valence-electron chi connectivity index (χ2n) is 6.63. The Hall–Kier alpha value is -2.90. The van der Waals surface area contributed by atoms with Crippen LogP contribution < -0.4 is 5.19 Å². The molecular formula is C24H18Si. The lowest BCUT2D eigenvalue weighted by atomic mass is 9.81. The van der Waals surface area contributed by atoms with E-state index in [-0.39, 0.29) is 0 Å². The molecule has 0 fully saturated rings. The monoisotopic (exact) mass is 334 g/mol. The van der Waals surface area contributed by atoms with E-state index in [0.29, 0.717) is 0 Å². The maximum Gasteiger partial charge on any atom is 0.0393 e. The van der Waals surface area contributed by atoms with Gasteiger partial charge in [-0.25, -0.2) is 0 Å². The second kappa shape index (κ2) is 5.57. The molecule has 0 amide bonds. The van der Waals surface area contributed by atoms with Gasteiger partial charge in [-0.2, -0.15) is 0 Å². The lowest BCUT2D eigenvalue weighted by Gasteiger charge is -2.24. The van der Waals surface area contributed by atoms with Gasteiger partial charge in [0.25, 0.3) is 0 Å². The summed E-state index contributed by atoms with van der Waals surface area (Å²) in [5.74, 6) is 0. The molecule has 0 nitrogen and oxygen atoms in total. The first-order valence-corrected chi connectivity index (χ1v) is 9.73. The maximum atomic E-state index is 2.28. The minimum Gasteiger partial charge on any atom is -0.0634 e. The van der Waals surface area contributed by atoms with Crippen LogP contribution in [0.2, 0.25) is 0 Å². The molecular weight excluding hydrogens is 316 g/mol. The predicted octanol–water partition coefficient (Wildman–Crippen LogP) is 4.66. The van der Waals surface area contributed by atoms with Gasteiger partial charge in [0.1, 0.15) is 0 Å². The van der Waals surface area contributed by atoms with Crippen molar-refractivity contribution >= 4 is 15.4 Å². The summed E-state index contributed by atoms with van der Waals surface area (Å²) < 4.78 is 0. The van der Waals surface area contributed by atoms with Crippen LogP contribution in [0.4, 0.5) is 0 Å². The van der Waals surface area contributed by atoms with Crippen molar-refractivity contribution in [2.75, 3.05) is 0 Å². The highest BCUT2D eigenvalue weighted by atomic mass is 28.1. The molecule has 0 aromatic heterocycles. The SMILES string of the molecule is [SiH3]c1cccc2c1-c1ccccc1-c1ccccc1-c1ccccc1-2. The van der Waals surface area contributed by atoms with Crippen molar-refractivity contribution in [3.05, 3.63) is 91.0 Å². The van der Waals surface area contributed by atoms with Crippen LogP contribution in [-0.4, -0.2) is 10.2 Å². The third-order valence-electron chi connectivity index (χ3n) is 5.19. The number of fused-ring (bicyclic) bond motifs is 8. The van der Waals surface area contributed by atoms with Crippen LogP contribution in [0.25, 0.3) is 44.5 Å². The van der Waals surface area contributed by atoms with Gasteiger partial charge in [0, 0.05) is 10.2 Å². The average Bonchev–Trinajstić information content (AvgIpc) is 2.67. The van der Waals surface area contributed by atoms with Gasteiger partial charge in [-0.3, -0.25) is 0 Å².